The number of amides is 1. The van der Waals surface area contributed by atoms with E-state index in [1.807, 2.05) is 0 Å². The average Bonchev–Trinajstić information content (AvgIpc) is 2.92. The van der Waals surface area contributed by atoms with Gasteiger partial charge < -0.3 is 14.7 Å². The Kier molecular flexibility index (Phi) is 7.77. The van der Waals surface area contributed by atoms with E-state index in [0.29, 0.717) is 11.8 Å². The number of carbonyl (C=O) groups excluding carboxylic acids is 1. The number of rotatable bonds is 6. The van der Waals surface area contributed by atoms with E-state index in [1.54, 1.807) is 0 Å². The molecule has 4 nitrogen and oxygen atoms in total. The summed E-state index contributed by atoms with van der Waals surface area (Å²) in [6.45, 7) is 4.29. The van der Waals surface area contributed by atoms with Gasteiger partial charge in [-0.05, 0) is 86.4 Å². The van der Waals surface area contributed by atoms with Gasteiger partial charge in [0.25, 0.3) is 0 Å². The molecular weight excluding hydrogens is 430 g/mol. The molecule has 3 aliphatic rings. The maximum absolute atomic E-state index is 13.6. The zero-order valence-electron chi connectivity index (χ0n) is 21.8. The Bertz CT molecular complexity index is 971. The van der Waals surface area contributed by atoms with Gasteiger partial charge in [-0.25, -0.2) is 0 Å². The summed E-state index contributed by atoms with van der Waals surface area (Å²) >= 11 is 0. The minimum atomic E-state index is 0.241. The van der Waals surface area contributed by atoms with Crippen molar-refractivity contribution in [2.24, 2.45) is 5.92 Å². The fourth-order valence-electron chi connectivity index (χ4n) is 6.65. The first kappa shape index (κ1) is 24.4. The summed E-state index contributed by atoms with van der Waals surface area (Å²) < 4.78 is 0. The minimum absolute atomic E-state index is 0.241. The van der Waals surface area contributed by atoms with Crippen molar-refractivity contribution in [2.45, 2.75) is 69.7 Å². The van der Waals surface area contributed by atoms with E-state index in [4.69, 9.17) is 0 Å². The monoisotopic (exact) mass is 473 g/mol. The van der Waals surface area contributed by atoms with Gasteiger partial charge in [0.15, 0.2) is 0 Å². The second-order valence-electron chi connectivity index (χ2n) is 11.2. The number of piperidine rings is 1. The first-order chi connectivity index (χ1) is 17.1. The van der Waals surface area contributed by atoms with Crippen molar-refractivity contribution in [3.63, 3.8) is 0 Å². The van der Waals surface area contributed by atoms with E-state index in [2.05, 4.69) is 77.3 Å². The van der Waals surface area contributed by atoms with E-state index < -0.39 is 0 Å². The summed E-state index contributed by atoms with van der Waals surface area (Å²) in [7, 11) is 4.20. The number of carbonyl (C=O) groups is 1. The molecule has 0 N–H and O–H groups in total. The lowest BCUT2D eigenvalue weighted by molar-refractivity contribution is -0.139. The minimum Gasteiger partial charge on any atom is -0.378 e. The normalized spacial score (nSPS) is 22.1. The highest BCUT2D eigenvalue weighted by Crippen LogP contribution is 2.36. The third-order valence-corrected chi connectivity index (χ3v) is 8.84. The van der Waals surface area contributed by atoms with Crippen molar-refractivity contribution in [1.82, 2.24) is 9.80 Å². The van der Waals surface area contributed by atoms with Crippen molar-refractivity contribution in [2.75, 3.05) is 45.2 Å². The molecule has 2 aliphatic heterocycles. The van der Waals surface area contributed by atoms with Crippen molar-refractivity contribution in [3.8, 4) is 0 Å². The van der Waals surface area contributed by atoms with Crippen LogP contribution in [0.1, 0.15) is 80.0 Å². The summed E-state index contributed by atoms with van der Waals surface area (Å²) in [5.74, 6) is 1.36. The molecule has 1 atom stereocenters. The number of benzene rings is 2. The first-order valence-corrected chi connectivity index (χ1v) is 14.0. The maximum atomic E-state index is 13.6. The van der Waals surface area contributed by atoms with Gasteiger partial charge >= 0.3 is 0 Å². The Morgan fingerprint density at radius 2 is 1.60 bits per heavy atom. The summed E-state index contributed by atoms with van der Waals surface area (Å²) in [4.78, 5) is 20.7. The third kappa shape index (κ3) is 5.58. The van der Waals surface area contributed by atoms with Crippen molar-refractivity contribution >= 4 is 11.6 Å². The van der Waals surface area contributed by atoms with Crippen molar-refractivity contribution < 1.29 is 4.79 Å². The van der Waals surface area contributed by atoms with Gasteiger partial charge in [0, 0.05) is 38.8 Å². The van der Waals surface area contributed by atoms with Gasteiger partial charge in [0.05, 0.1) is 6.04 Å². The van der Waals surface area contributed by atoms with Crippen molar-refractivity contribution in [1.29, 1.82) is 0 Å². The van der Waals surface area contributed by atoms with Crippen LogP contribution in [0.4, 0.5) is 5.69 Å². The molecule has 1 unspecified atom stereocenters. The van der Waals surface area contributed by atoms with Crippen LogP contribution in [-0.4, -0.2) is 56.0 Å². The number of likely N-dealkylation sites (tertiary alicyclic amines) is 1. The molecule has 2 fully saturated rings. The van der Waals surface area contributed by atoms with Gasteiger partial charge in [-0.15, -0.1) is 0 Å². The zero-order chi connectivity index (χ0) is 24.2. The quantitative estimate of drug-likeness (QED) is 0.513. The van der Waals surface area contributed by atoms with Crippen molar-refractivity contribution in [3.05, 3.63) is 65.2 Å². The van der Waals surface area contributed by atoms with Gasteiger partial charge in [-0.2, -0.15) is 0 Å². The molecule has 0 aromatic heterocycles. The highest BCUT2D eigenvalue weighted by atomic mass is 16.2. The zero-order valence-corrected chi connectivity index (χ0v) is 21.8. The van der Waals surface area contributed by atoms with Crippen LogP contribution in [0.2, 0.25) is 0 Å². The Labute approximate surface area is 212 Å². The first-order valence-electron chi connectivity index (χ1n) is 14.0. The number of hydrogen-bond acceptors (Lipinski definition) is 3. The lowest BCUT2D eigenvalue weighted by atomic mass is 9.85. The summed E-state index contributed by atoms with van der Waals surface area (Å²) in [5, 5.41) is 0. The second-order valence-corrected chi connectivity index (χ2v) is 11.2. The van der Waals surface area contributed by atoms with Gasteiger partial charge in [-0.3, -0.25) is 4.79 Å². The van der Waals surface area contributed by atoms with Crippen LogP contribution in [-0.2, 0) is 11.2 Å². The van der Waals surface area contributed by atoms with Crippen LogP contribution >= 0.6 is 0 Å². The summed E-state index contributed by atoms with van der Waals surface area (Å²) in [6, 6.07) is 18.3. The van der Waals surface area contributed by atoms with Crippen LogP contribution < -0.4 is 4.90 Å². The van der Waals surface area contributed by atoms with E-state index in [-0.39, 0.29) is 12.0 Å². The summed E-state index contributed by atoms with van der Waals surface area (Å²) in [5.41, 5.74) is 5.61. The van der Waals surface area contributed by atoms with Crippen LogP contribution in [0.25, 0.3) is 0 Å². The van der Waals surface area contributed by atoms with E-state index in [9.17, 15) is 4.79 Å². The predicted molar refractivity (Wildman–Crippen MR) is 145 cm³/mol. The number of nitrogens with zero attached hydrogens (tertiary/aromatic N) is 3. The number of hydrogen-bond donors (Lipinski definition) is 0. The molecule has 1 saturated carbocycles. The fourth-order valence-corrected chi connectivity index (χ4v) is 6.65. The molecule has 0 radical (unpaired) electrons. The molecular formula is C31H43N3O. The lowest BCUT2D eigenvalue weighted by Gasteiger charge is -2.41. The Hall–Kier alpha value is -2.33. The molecule has 0 spiro atoms. The standard InChI is InChI=1S/C31H43N3O/c1-32(2)28-14-12-24(13-15-28)25-16-20-33(21-17-25)22-19-30-29-11-7-6-8-26(29)18-23-34(30)31(35)27-9-4-3-5-10-27/h6-8,11-15,25,27,30H,3-5,9-10,16-23H2,1-2H3. The smallest absolute Gasteiger partial charge is 0.226 e. The number of fused-ring (bicyclic) bond motifs is 1. The fraction of sp³-hybridized carbons (Fsp3) is 0.581. The molecule has 1 saturated heterocycles. The molecule has 1 amide bonds. The lowest BCUT2D eigenvalue weighted by Crippen LogP contribution is -2.45. The molecule has 2 aromatic carbocycles. The molecule has 0 bridgehead atoms. The molecule has 35 heavy (non-hydrogen) atoms. The molecule has 5 rings (SSSR count). The van der Waals surface area contributed by atoms with Crippen LogP contribution in [0.15, 0.2) is 48.5 Å². The number of anilines is 1. The topological polar surface area (TPSA) is 26.8 Å². The predicted octanol–water partition coefficient (Wildman–Crippen LogP) is 6.03. The molecule has 188 valence electrons. The SMILES string of the molecule is CN(C)c1ccc(C2CCN(CCC3c4ccccc4CCN3C(=O)C3CCCCC3)CC2)cc1. The van der Waals surface area contributed by atoms with Crippen LogP contribution in [0.5, 0.6) is 0 Å². The molecule has 1 aliphatic carbocycles. The third-order valence-electron chi connectivity index (χ3n) is 8.84. The summed E-state index contributed by atoms with van der Waals surface area (Å²) in [6.07, 6.45) is 10.4. The Morgan fingerprint density at radius 1 is 0.886 bits per heavy atom. The van der Waals surface area contributed by atoms with E-state index in [0.717, 1.165) is 51.9 Å². The van der Waals surface area contributed by atoms with Gasteiger partial charge in [-0.1, -0.05) is 55.7 Å². The molecule has 4 heteroatoms. The second kappa shape index (κ2) is 11.2. The van der Waals surface area contributed by atoms with Gasteiger partial charge in [0.2, 0.25) is 5.91 Å². The Morgan fingerprint density at radius 3 is 2.31 bits per heavy atom. The van der Waals surface area contributed by atoms with Crippen LogP contribution in [0.3, 0.4) is 0 Å². The van der Waals surface area contributed by atoms with Crippen LogP contribution in [0, 0.1) is 5.92 Å². The maximum Gasteiger partial charge on any atom is 0.226 e. The van der Waals surface area contributed by atoms with Gasteiger partial charge in [0.1, 0.15) is 0 Å². The molecule has 2 aromatic rings. The van der Waals surface area contributed by atoms with E-state index >= 15 is 0 Å². The average molecular weight is 474 g/mol. The highest BCUT2D eigenvalue weighted by molar-refractivity contribution is 5.79. The Balaban J connectivity index is 1.21. The highest BCUT2D eigenvalue weighted by Gasteiger charge is 2.35. The molecule has 2 heterocycles. The van der Waals surface area contributed by atoms with E-state index in [1.165, 1.54) is 54.5 Å². The largest absolute Gasteiger partial charge is 0.378 e.